The van der Waals surface area contributed by atoms with Gasteiger partial charge in [-0.15, -0.1) is 0 Å². The lowest BCUT2D eigenvalue weighted by molar-refractivity contribution is -0.127. The predicted octanol–water partition coefficient (Wildman–Crippen LogP) is 6.18. The van der Waals surface area contributed by atoms with E-state index in [1.165, 1.54) is 34.3 Å². The highest BCUT2D eigenvalue weighted by atomic mass is 19.1. The van der Waals surface area contributed by atoms with E-state index in [1.54, 1.807) is 0 Å². The largest absolute Gasteiger partial charge is 0.353 e. The number of piperidine rings is 1. The number of halogens is 1. The van der Waals surface area contributed by atoms with Crippen LogP contribution in [0.3, 0.4) is 0 Å². The molecule has 1 amide bonds. The van der Waals surface area contributed by atoms with Crippen LogP contribution in [0.5, 0.6) is 0 Å². The van der Waals surface area contributed by atoms with Gasteiger partial charge in [0.15, 0.2) is 0 Å². The third-order valence-electron chi connectivity index (χ3n) is 7.59. The zero-order valence-corrected chi connectivity index (χ0v) is 21.6. The summed E-state index contributed by atoms with van der Waals surface area (Å²) in [6.45, 7) is 5.49. The average molecular weight is 498 g/mol. The zero-order chi connectivity index (χ0) is 25.6. The Balaban J connectivity index is 1.17. The third kappa shape index (κ3) is 6.47. The van der Waals surface area contributed by atoms with Gasteiger partial charge in [-0.1, -0.05) is 60.7 Å². The minimum absolute atomic E-state index is 0.0838. The highest BCUT2D eigenvalue weighted by Crippen LogP contribution is 2.25. The fourth-order valence-corrected chi connectivity index (χ4v) is 5.40. The molecule has 4 aromatic rings. The number of carbonyl (C=O) groups excluding carboxylic acids is 1. The molecule has 1 N–H and O–H groups in total. The van der Waals surface area contributed by atoms with Crippen molar-refractivity contribution in [2.45, 2.75) is 51.7 Å². The monoisotopic (exact) mass is 497 g/mol. The number of amides is 1. The number of nitrogens with one attached hydrogen (secondary N) is 1. The zero-order valence-electron chi connectivity index (χ0n) is 21.6. The molecule has 0 radical (unpaired) electrons. The Bertz CT molecular complexity index is 1310. The third-order valence-corrected chi connectivity index (χ3v) is 7.59. The van der Waals surface area contributed by atoms with Gasteiger partial charge in [0.2, 0.25) is 5.91 Å². The van der Waals surface area contributed by atoms with E-state index < -0.39 is 0 Å². The normalized spacial score (nSPS) is 15.6. The molecule has 0 bridgehead atoms. The summed E-state index contributed by atoms with van der Waals surface area (Å²) in [6, 6.07) is 28.1. The Hall–Kier alpha value is -3.44. The van der Waals surface area contributed by atoms with Crippen molar-refractivity contribution in [3.8, 4) is 0 Å². The summed E-state index contributed by atoms with van der Waals surface area (Å²) < 4.78 is 15.8. The van der Waals surface area contributed by atoms with Crippen molar-refractivity contribution >= 4 is 16.8 Å². The Morgan fingerprint density at radius 2 is 1.62 bits per heavy atom. The first-order chi connectivity index (χ1) is 18.0. The van der Waals surface area contributed by atoms with E-state index >= 15 is 0 Å². The highest BCUT2D eigenvalue weighted by molar-refractivity contribution is 5.81. The molecule has 1 fully saturated rings. The molecular formula is C32H36FN3O. The van der Waals surface area contributed by atoms with Gasteiger partial charge in [0.25, 0.3) is 0 Å². The Labute approximate surface area is 219 Å². The maximum atomic E-state index is 13.4. The van der Waals surface area contributed by atoms with Crippen molar-refractivity contribution in [2.24, 2.45) is 5.92 Å². The van der Waals surface area contributed by atoms with Crippen LogP contribution < -0.4 is 5.32 Å². The van der Waals surface area contributed by atoms with E-state index in [0.717, 1.165) is 50.9 Å². The molecule has 1 aromatic heterocycles. The molecule has 0 aliphatic carbocycles. The van der Waals surface area contributed by atoms with E-state index in [2.05, 4.69) is 76.3 Å². The van der Waals surface area contributed by atoms with Crippen LogP contribution in [0.25, 0.3) is 10.9 Å². The number of hydrogen-bond acceptors (Lipinski definition) is 2. The first kappa shape index (κ1) is 25.2. The number of hydrogen-bond donors (Lipinski definition) is 1. The van der Waals surface area contributed by atoms with Gasteiger partial charge in [-0.3, -0.25) is 9.69 Å². The number of nitrogens with zero attached hydrogens (tertiary/aromatic N) is 2. The van der Waals surface area contributed by atoms with Gasteiger partial charge in [-0.25, -0.2) is 4.39 Å². The lowest BCUT2D eigenvalue weighted by Gasteiger charge is -2.32. The van der Waals surface area contributed by atoms with Crippen LogP contribution in [0.15, 0.2) is 84.9 Å². The summed E-state index contributed by atoms with van der Waals surface area (Å²) in [5, 5.41) is 4.47. The van der Waals surface area contributed by atoms with Gasteiger partial charge in [0.05, 0.1) is 0 Å². The summed E-state index contributed by atoms with van der Waals surface area (Å²) in [7, 11) is 0. The number of aryl methyl sites for hydroxylation is 1. The first-order valence-electron chi connectivity index (χ1n) is 13.4. The van der Waals surface area contributed by atoms with E-state index in [-0.39, 0.29) is 23.7 Å². The molecule has 0 unspecified atom stereocenters. The Morgan fingerprint density at radius 3 is 2.38 bits per heavy atom. The molecule has 5 heteroatoms. The molecule has 0 saturated carbocycles. The summed E-state index contributed by atoms with van der Waals surface area (Å²) in [4.78, 5) is 15.4. The second-order valence-electron chi connectivity index (χ2n) is 10.4. The number of carbonyl (C=O) groups is 1. The van der Waals surface area contributed by atoms with Crippen molar-refractivity contribution in [3.05, 3.63) is 108 Å². The minimum atomic E-state index is -0.209. The fourth-order valence-electron chi connectivity index (χ4n) is 5.40. The number of para-hydroxylation sites is 1. The summed E-state index contributed by atoms with van der Waals surface area (Å²) in [5.74, 6) is 0.0740. The number of rotatable bonds is 9. The fraction of sp³-hybridized carbons (Fsp3) is 0.344. The topological polar surface area (TPSA) is 37.3 Å². The summed E-state index contributed by atoms with van der Waals surface area (Å²) in [6.07, 6.45) is 3.70. The number of likely N-dealkylation sites (tertiary alicyclic amines) is 1. The molecule has 3 aromatic carbocycles. The predicted molar refractivity (Wildman–Crippen MR) is 148 cm³/mol. The molecule has 5 rings (SSSR count). The second-order valence-corrected chi connectivity index (χ2v) is 10.4. The summed E-state index contributed by atoms with van der Waals surface area (Å²) in [5.41, 5.74) is 4.85. The SMILES string of the molecule is C[C@@H](CCc1ccccc1)NC(=O)C1CCN(Cc2cc3ccccc3n2Cc2ccc(F)cc2)CC1. The van der Waals surface area contributed by atoms with Gasteiger partial charge in [-0.05, 0) is 86.5 Å². The number of fused-ring (bicyclic) bond motifs is 1. The maximum Gasteiger partial charge on any atom is 0.223 e. The van der Waals surface area contributed by atoms with E-state index in [9.17, 15) is 9.18 Å². The van der Waals surface area contributed by atoms with Crippen LogP contribution in [0.2, 0.25) is 0 Å². The average Bonchev–Trinajstić information content (AvgIpc) is 3.26. The molecule has 1 aliphatic rings. The lowest BCUT2D eigenvalue weighted by Crippen LogP contribution is -2.43. The molecule has 1 aliphatic heterocycles. The molecule has 4 nitrogen and oxygen atoms in total. The van der Waals surface area contributed by atoms with Gasteiger partial charge >= 0.3 is 0 Å². The standard InChI is InChI=1S/C32H36FN3O/c1-24(11-12-25-7-3-2-4-8-25)34-32(37)27-17-19-35(20-18-27)23-30-21-28-9-5-6-10-31(28)36(30)22-26-13-15-29(33)16-14-26/h2-10,13-16,21,24,27H,11-12,17-20,22-23H2,1H3,(H,34,37)/t24-/m0/s1. The van der Waals surface area contributed by atoms with Crippen LogP contribution in [-0.2, 0) is 24.3 Å². The Morgan fingerprint density at radius 1 is 0.919 bits per heavy atom. The lowest BCUT2D eigenvalue weighted by atomic mass is 9.95. The van der Waals surface area contributed by atoms with Crippen LogP contribution in [0.1, 0.15) is 43.0 Å². The first-order valence-corrected chi connectivity index (χ1v) is 13.4. The van der Waals surface area contributed by atoms with Crippen molar-refractivity contribution < 1.29 is 9.18 Å². The van der Waals surface area contributed by atoms with Crippen molar-refractivity contribution in [2.75, 3.05) is 13.1 Å². The quantitative estimate of drug-likeness (QED) is 0.300. The minimum Gasteiger partial charge on any atom is -0.353 e. The van der Waals surface area contributed by atoms with Gasteiger partial charge < -0.3 is 9.88 Å². The van der Waals surface area contributed by atoms with Crippen LogP contribution >= 0.6 is 0 Å². The Kier molecular flexibility index (Phi) is 8.00. The molecule has 192 valence electrons. The number of aromatic nitrogens is 1. The molecule has 1 saturated heterocycles. The maximum absolute atomic E-state index is 13.4. The number of benzene rings is 3. The molecule has 0 spiro atoms. The van der Waals surface area contributed by atoms with Crippen LogP contribution in [0, 0.1) is 11.7 Å². The van der Waals surface area contributed by atoms with Gasteiger partial charge in [-0.2, -0.15) is 0 Å². The van der Waals surface area contributed by atoms with E-state index in [4.69, 9.17) is 0 Å². The van der Waals surface area contributed by atoms with Crippen LogP contribution in [-0.4, -0.2) is 34.5 Å². The highest BCUT2D eigenvalue weighted by Gasteiger charge is 2.26. The van der Waals surface area contributed by atoms with Crippen LogP contribution in [0.4, 0.5) is 4.39 Å². The van der Waals surface area contributed by atoms with Crippen molar-refractivity contribution in [1.29, 1.82) is 0 Å². The van der Waals surface area contributed by atoms with E-state index in [1.807, 2.05) is 18.2 Å². The molecule has 1 atom stereocenters. The molecule has 2 heterocycles. The van der Waals surface area contributed by atoms with Gasteiger partial charge in [0, 0.05) is 36.3 Å². The van der Waals surface area contributed by atoms with E-state index in [0.29, 0.717) is 6.54 Å². The van der Waals surface area contributed by atoms with Crippen molar-refractivity contribution in [3.63, 3.8) is 0 Å². The summed E-state index contributed by atoms with van der Waals surface area (Å²) >= 11 is 0. The van der Waals surface area contributed by atoms with Crippen molar-refractivity contribution in [1.82, 2.24) is 14.8 Å². The second kappa shape index (κ2) is 11.7. The molecule has 37 heavy (non-hydrogen) atoms. The molecular weight excluding hydrogens is 461 g/mol. The smallest absolute Gasteiger partial charge is 0.223 e. The van der Waals surface area contributed by atoms with Gasteiger partial charge in [0.1, 0.15) is 5.82 Å².